The summed E-state index contributed by atoms with van der Waals surface area (Å²) in [6.07, 6.45) is 5.03. The molecule has 0 aromatic carbocycles. The summed E-state index contributed by atoms with van der Waals surface area (Å²) in [6, 6.07) is 2.33. The number of nitrogens with zero attached hydrogens (tertiary/aromatic N) is 2. The second-order valence-electron chi connectivity index (χ2n) is 4.14. The van der Waals surface area contributed by atoms with Gasteiger partial charge in [-0.05, 0) is 19.4 Å². The van der Waals surface area contributed by atoms with Crippen molar-refractivity contribution < 1.29 is 9.47 Å². The van der Waals surface area contributed by atoms with Crippen molar-refractivity contribution in [1.82, 2.24) is 15.1 Å². The van der Waals surface area contributed by atoms with Crippen molar-refractivity contribution >= 4 is 0 Å². The Balaban J connectivity index is 1.65. The fourth-order valence-corrected chi connectivity index (χ4v) is 1.75. The molecule has 1 aromatic rings. The number of hydrogen-bond acceptors (Lipinski definition) is 4. The van der Waals surface area contributed by atoms with Crippen LogP contribution in [0, 0.1) is 0 Å². The van der Waals surface area contributed by atoms with Gasteiger partial charge in [0.15, 0.2) is 0 Å². The molecule has 5 nitrogen and oxygen atoms in total. The molecule has 1 aromatic heterocycles. The molecule has 0 aliphatic carbocycles. The van der Waals surface area contributed by atoms with Gasteiger partial charge in [-0.2, -0.15) is 5.10 Å². The van der Waals surface area contributed by atoms with Crippen LogP contribution in [-0.4, -0.2) is 41.9 Å². The summed E-state index contributed by atoms with van der Waals surface area (Å²) in [7, 11) is 0. The maximum atomic E-state index is 5.46. The molecule has 5 heteroatoms. The summed E-state index contributed by atoms with van der Waals surface area (Å²) < 4.78 is 12.5. The Morgan fingerprint density at radius 2 is 2.56 bits per heavy atom. The zero-order valence-corrected chi connectivity index (χ0v) is 9.63. The van der Waals surface area contributed by atoms with Crippen molar-refractivity contribution in [3.63, 3.8) is 0 Å². The normalized spacial score (nSPS) is 23.2. The lowest BCUT2D eigenvalue weighted by Crippen LogP contribution is -2.39. The van der Waals surface area contributed by atoms with Crippen LogP contribution >= 0.6 is 0 Å². The molecule has 2 atom stereocenters. The number of rotatable bonds is 5. The average molecular weight is 225 g/mol. The van der Waals surface area contributed by atoms with Crippen molar-refractivity contribution in [3.05, 3.63) is 18.5 Å². The highest BCUT2D eigenvalue weighted by Crippen LogP contribution is 2.04. The summed E-state index contributed by atoms with van der Waals surface area (Å²) in [4.78, 5) is 0. The molecule has 0 radical (unpaired) electrons. The van der Waals surface area contributed by atoms with Crippen LogP contribution in [0.5, 0.6) is 0 Å². The van der Waals surface area contributed by atoms with Gasteiger partial charge in [0.05, 0.1) is 19.3 Å². The highest BCUT2D eigenvalue weighted by Gasteiger charge is 2.14. The van der Waals surface area contributed by atoms with Gasteiger partial charge in [0.25, 0.3) is 0 Å². The zero-order valence-electron chi connectivity index (χ0n) is 9.63. The number of aromatic nitrogens is 2. The summed E-state index contributed by atoms with van der Waals surface area (Å²) in [6.45, 7) is 5.16. The topological polar surface area (TPSA) is 48.3 Å². The van der Waals surface area contributed by atoms with E-state index in [1.165, 1.54) is 0 Å². The van der Waals surface area contributed by atoms with Crippen LogP contribution in [0.1, 0.15) is 13.3 Å². The Morgan fingerprint density at radius 3 is 3.25 bits per heavy atom. The van der Waals surface area contributed by atoms with Gasteiger partial charge in [-0.3, -0.25) is 4.68 Å². The van der Waals surface area contributed by atoms with Gasteiger partial charge < -0.3 is 14.8 Å². The largest absolute Gasteiger partial charge is 0.355 e. The second-order valence-corrected chi connectivity index (χ2v) is 4.14. The first-order valence-electron chi connectivity index (χ1n) is 5.75. The van der Waals surface area contributed by atoms with Crippen molar-refractivity contribution in [2.24, 2.45) is 0 Å². The summed E-state index contributed by atoms with van der Waals surface area (Å²) >= 11 is 0. The van der Waals surface area contributed by atoms with Crippen LogP contribution < -0.4 is 5.32 Å². The molecule has 0 saturated carbocycles. The molecule has 2 unspecified atom stereocenters. The Hall–Kier alpha value is -0.910. The number of hydrogen-bond donors (Lipinski definition) is 1. The van der Waals surface area contributed by atoms with Gasteiger partial charge in [0.1, 0.15) is 6.79 Å². The van der Waals surface area contributed by atoms with Crippen LogP contribution in [-0.2, 0) is 16.0 Å². The quantitative estimate of drug-likeness (QED) is 0.798. The molecule has 1 aliphatic rings. The van der Waals surface area contributed by atoms with E-state index in [0.717, 1.165) is 26.1 Å². The van der Waals surface area contributed by atoms with Gasteiger partial charge in [-0.25, -0.2) is 0 Å². The minimum absolute atomic E-state index is 0.286. The van der Waals surface area contributed by atoms with E-state index in [4.69, 9.17) is 9.47 Å². The van der Waals surface area contributed by atoms with Crippen LogP contribution in [0.25, 0.3) is 0 Å². The average Bonchev–Trinajstić information content (AvgIpc) is 2.81. The highest BCUT2D eigenvalue weighted by atomic mass is 16.7. The zero-order chi connectivity index (χ0) is 11.2. The molecule has 2 rings (SSSR count). The van der Waals surface area contributed by atoms with Crippen LogP contribution in [0.4, 0.5) is 0 Å². The van der Waals surface area contributed by atoms with E-state index in [0.29, 0.717) is 12.8 Å². The second kappa shape index (κ2) is 5.98. The number of nitrogens with one attached hydrogen (secondary N) is 1. The third-order valence-corrected chi connectivity index (χ3v) is 2.69. The summed E-state index contributed by atoms with van der Waals surface area (Å²) in [5.41, 5.74) is 0. The Kier molecular flexibility index (Phi) is 4.33. The van der Waals surface area contributed by atoms with Crippen molar-refractivity contribution in [2.45, 2.75) is 32.0 Å². The molecule has 0 bridgehead atoms. The third-order valence-electron chi connectivity index (χ3n) is 2.69. The first-order chi connectivity index (χ1) is 7.84. The van der Waals surface area contributed by atoms with E-state index in [1.807, 2.05) is 16.9 Å². The lowest BCUT2D eigenvalue weighted by molar-refractivity contribution is -0.137. The van der Waals surface area contributed by atoms with E-state index in [-0.39, 0.29) is 6.10 Å². The smallest absolute Gasteiger partial charge is 0.147 e. The molecule has 0 spiro atoms. The Morgan fingerprint density at radius 1 is 1.62 bits per heavy atom. The fraction of sp³-hybridized carbons (Fsp3) is 0.727. The van der Waals surface area contributed by atoms with E-state index >= 15 is 0 Å². The molecule has 1 fully saturated rings. The maximum Gasteiger partial charge on any atom is 0.147 e. The Bertz CT molecular complexity index is 283. The standard InChI is InChI=1S/C11H19N3O2/c1-10(8-14-5-2-4-13-14)12-7-11-3-6-15-9-16-11/h2,4-5,10-12H,3,6-9H2,1H3. The van der Waals surface area contributed by atoms with Crippen molar-refractivity contribution in [1.29, 1.82) is 0 Å². The fourth-order valence-electron chi connectivity index (χ4n) is 1.75. The Labute approximate surface area is 95.7 Å². The van der Waals surface area contributed by atoms with E-state index in [1.54, 1.807) is 6.20 Å². The number of ether oxygens (including phenoxy) is 2. The molecule has 0 amide bonds. The molecular formula is C11H19N3O2. The third kappa shape index (κ3) is 3.59. The monoisotopic (exact) mass is 225 g/mol. The maximum absolute atomic E-state index is 5.46. The summed E-state index contributed by atoms with van der Waals surface area (Å²) in [5, 5.41) is 7.63. The van der Waals surface area contributed by atoms with Gasteiger partial charge >= 0.3 is 0 Å². The molecule has 1 aliphatic heterocycles. The van der Waals surface area contributed by atoms with Gasteiger partial charge in [-0.15, -0.1) is 0 Å². The van der Waals surface area contributed by atoms with Crippen LogP contribution in [0.2, 0.25) is 0 Å². The summed E-state index contributed by atoms with van der Waals surface area (Å²) in [5.74, 6) is 0. The van der Waals surface area contributed by atoms with E-state index in [2.05, 4.69) is 17.3 Å². The van der Waals surface area contributed by atoms with Gasteiger partial charge in [-0.1, -0.05) is 0 Å². The van der Waals surface area contributed by atoms with Crippen LogP contribution in [0.3, 0.4) is 0 Å². The molecule has 90 valence electrons. The lowest BCUT2D eigenvalue weighted by atomic mass is 10.2. The van der Waals surface area contributed by atoms with Crippen LogP contribution in [0.15, 0.2) is 18.5 Å². The van der Waals surface area contributed by atoms with Gasteiger partial charge in [0.2, 0.25) is 0 Å². The van der Waals surface area contributed by atoms with Crippen molar-refractivity contribution in [2.75, 3.05) is 19.9 Å². The minimum atomic E-state index is 0.286. The predicted octanol–water partition coefficient (Wildman–Crippen LogP) is 0.624. The molecule has 16 heavy (non-hydrogen) atoms. The van der Waals surface area contributed by atoms with Gasteiger partial charge in [0, 0.05) is 25.0 Å². The molecule has 1 N–H and O–H groups in total. The molecule has 1 saturated heterocycles. The first kappa shape index (κ1) is 11.6. The SMILES string of the molecule is CC(Cn1cccn1)NCC1CCOCO1. The highest BCUT2D eigenvalue weighted by molar-refractivity contribution is 4.79. The molecule has 2 heterocycles. The lowest BCUT2D eigenvalue weighted by Gasteiger charge is -2.24. The molecular weight excluding hydrogens is 206 g/mol. The van der Waals surface area contributed by atoms with E-state index < -0.39 is 0 Å². The predicted molar refractivity (Wildman–Crippen MR) is 60.0 cm³/mol. The first-order valence-corrected chi connectivity index (χ1v) is 5.75. The van der Waals surface area contributed by atoms with E-state index in [9.17, 15) is 0 Å². The minimum Gasteiger partial charge on any atom is -0.355 e. The van der Waals surface area contributed by atoms with Crippen molar-refractivity contribution in [3.8, 4) is 0 Å².